The summed E-state index contributed by atoms with van der Waals surface area (Å²) in [5.41, 5.74) is 0.968. The first kappa shape index (κ1) is 15.9. The lowest BCUT2D eigenvalue weighted by atomic mass is 10.0. The Balaban J connectivity index is 1.42. The van der Waals surface area contributed by atoms with E-state index in [0.717, 1.165) is 38.0 Å². The number of nitrogens with one attached hydrogen (secondary N) is 1. The van der Waals surface area contributed by atoms with E-state index in [0.29, 0.717) is 17.8 Å². The lowest BCUT2D eigenvalue weighted by Gasteiger charge is -2.20. The SMILES string of the molecule is O=C(C1CCCC1)N1CC[C@@H](c2ccnc(Nc3ncccn3)n2)C1. The van der Waals surface area contributed by atoms with Gasteiger partial charge in [0.25, 0.3) is 0 Å². The number of nitrogens with zero attached hydrogens (tertiary/aromatic N) is 5. The van der Waals surface area contributed by atoms with Gasteiger partial charge in [-0.25, -0.2) is 19.9 Å². The van der Waals surface area contributed by atoms with E-state index < -0.39 is 0 Å². The lowest BCUT2D eigenvalue weighted by molar-refractivity contribution is -0.134. The molecule has 0 aromatic carbocycles. The van der Waals surface area contributed by atoms with Gasteiger partial charge in [-0.3, -0.25) is 10.1 Å². The molecule has 2 aromatic heterocycles. The number of amides is 1. The third-order valence-electron chi connectivity index (χ3n) is 5.09. The van der Waals surface area contributed by atoms with Gasteiger partial charge in [0, 0.05) is 43.5 Å². The molecule has 7 heteroatoms. The van der Waals surface area contributed by atoms with Crippen LogP contribution in [0.15, 0.2) is 30.7 Å². The summed E-state index contributed by atoms with van der Waals surface area (Å²) in [4.78, 5) is 31.7. The summed E-state index contributed by atoms with van der Waals surface area (Å²) >= 11 is 0. The minimum atomic E-state index is 0.247. The third-order valence-corrected chi connectivity index (χ3v) is 5.09. The number of likely N-dealkylation sites (tertiary alicyclic amines) is 1. The van der Waals surface area contributed by atoms with Crippen molar-refractivity contribution in [2.75, 3.05) is 18.4 Å². The first-order chi connectivity index (χ1) is 12.3. The fourth-order valence-electron chi connectivity index (χ4n) is 3.76. The van der Waals surface area contributed by atoms with Crippen molar-refractivity contribution in [2.45, 2.75) is 38.0 Å². The van der Waals surface area contributed by atoms with Crippen LogP contribution in [-0.2, 0) is 4.79 Å². The maximum atomic E-state index is 12.6. The second kappa shape index (κ2) is 7.13. The Hall–Kier alpha value is -2.57. The van der Waals surface area contributed by atoms with Crippen LogP contribution < -0.4 is 5.32 Å². The highest BCUT2D eigenvalue weighted by molar-refractivity contribution is 5.79. The van der Waals surface area contributed by atoms with E-state index in [-0.39, 0.29) is 11.8 Å². The normalized spacial score (nSPS) is 20.8. The number of aromatic nitrogens is 4. The molecule has 2 aliphatic rings. The molecule has 3 heterocycles. The van der Waals surface area contributed by atoms with Crippen LogP contribution in [0.25, 0.3) is 0 Å². The summed E-state index contributed by atoms with van der Waals surface area (Å²) in [6.45, 7) is 1.59. The maximum Gasteiger partial charge on any atom is 0.229 e. The molecule has 1 aliphatic carbocycles. The van der Waals surface area contributed by atoms with Crippen LogP contribution >= 0.6 is 0 Å². The standard InChI is InChI=1S/C18H22N6O/c25-16(13-4-1-2-5-13)24-11-7-14(12-24)15-6-10-21-18(22-15)23-17-19-8-3-9-20-17/h3,6,8-10,13-14H,1-2,4-5,7,11-12H2,(H,19,20,21,22,23)/t14-/m1/s1. The average Bonchev–Trinajstić information content (AvgIpc) is 3.34. The fraction of sp³-hybridized carbons (Fsp3) is 0.500. The van der Waals surface area contributed by atoms with Crippen molar-refractivity contribution in [1.82, 2.24) is 24.8 Å². The summed E-state index contributed by atoms with van der Waals surface area (Å²) in [5, 5.41) is 3.02. The van der Waals surface area contributed by atoms with Crippen LogP contribution in [0.2, 0.25) is 0 Å². The molecule has 1 amide bonds. The Bertz CT molecular complexity index is 731. The molecule has 7 nitrogen and oxygen atoms in total. The molecule has 1 N–H and O–H groups in total. The monoisotopic (exact) mass is 338 g/mol. The minimum Gasteiger partial charge on any atom is -0.342 e. The molecule has 2 aromatic rings. The van der Waals surface area contributed by atoms with Gasteiger partial charge in [0.1, 0.15) is 0 Å². The number of anilines is 2. The number of rotatable bonds is 4. The van der Waals surface area contributed by atoms with Crippen LogP contribution in [0.1, 0.15) is 43.7 Å². The van der Waals surface area contributed by atoms with Gasteiger partial charge in [0.05, 0.1) is 5.69 Å². The number of carbonyl (C=O) groups excluding carboxylic acids is 1. The molecular weight excluding hydrogens is 316 g/mol. The predicted octanol–water partition coefficient (Wildman–Crippen LogP) is 2.52. The van der Waals surface area contributed by atoms with Gasteiger partial charge in [-0.15, -0.1) is 0 Å². The van der Waals surface area contributed by atoms with Gasteiger partial charge in [-0.2, -0.15) is 0 Å². The van der Waals surface area contributed by atoms with Crippen molar-refractivity contribution in [3.63, 3.8) is 0 Å². The van der Waals surface area contributed by atoms with E-state index in [4.69, 9.17) is 0 Å². The van der Waals surface area contributed by atoms with Gasteiger partial charge in [-0.05, 0) is 31.4 Å². The Kier molecular flexibility index (Phi) is 4.54. The molecular formula is C18H22N6O. The molecule has 0 unspecified atom stereocenters. The Morgan fingerprint density at radius 2 is 1.80 bits per heavy atom. The Morgan fingerprint density at radius 1 is 1.04 bits per heavy atom. The maximum absolute atomic E-state index is 12.6. The first-order valence-corrected chi connectivity index (χ1v) is 8.95. The molecule has 1 saturated heterocycles. The molecule has 1 atom stereocenters. The van der Waals surface area contributed by atoms with Crippen molar-refractivity contribution in [1.29, 1.82) is 0 Å². The molecule has 130 valence electrons. The summed E-state index contributed by atoms with van der Waals surface area (Å²) in [6, 6.07) is 3.70. The lowest BCUT2D eigenvalue weighted by Crippen LogP contribution is -2.33. The van der Waals surface area contributed by atoms with Gasteiger partial charge in [-0.1, -0.05) is 12.8 Å². The van der Waals surface area contributed by atoms with Crippen LogP contribution in [0.5, 0.6) is 0 Å². The highest BCUT2D eigenvalue weighted by Gasteiger charge is 2.33. The smallest absolute Gasteiger partial charge is 0.229 e. The molecule has 4 rings (SSSR count). The van der Waals surface area contributed by atoms with E-state index in [9.17, 15) is 4.79 Å². The number of hydrogen-bond acceptors (Lipinski definition) is 6. The quantitative estimate of drug-likeness (QED) is 0.922. The van der Waals surface area contributed by atoms with Crippen molar-refractivity contribution in [2.24, 2.45) is 5.92 Å². The summed E-state index contributed by atoms with van der Waals surface area (Å²) in [7, 11) is 0. The Labute approximate surface area is 146 Å². The minimum absolute atomic E-state index is 0.247. The van der Waals surface area contributed by atoms with Crippen LogP contribution in [-0.4, -0.2) is 43.8 Å². The van der Waals surface area contributed by atoms with Gasteiger partial charge < -0.3 is 4.90 Å². The van der Waals surface area contributed by atoms with Gasteiger partial charge in [0.15, 0.2) is 0 Å². The fourth-order valence-corrected chi connectivity index (χ4v) is 3.76. The van der Waals surface area contributed by atoms with Crippen molar-refractivity contribution < 1.29 is 4.79 Å². The Morgan fingerprint density at radius 3 is 2.60 bits per heavy atom. The molecule has 25 heavy (non-hydrogen) atoms. The van der Waals surface area contributed by atoms with E-state index in [1.807, 2.05) is 11.0 Å². The number of carbonyl (C=O) groups is 1. The van der Waals surface area contributed by atoms with E-state index in [2.05, 4.69) is 25.3 Å². The molecule has 0 radical (unpaired) electrons. The zero-order chi connectivity index (χ0) is 17.1. The van der Waals surface area contributed by atoms with Gasteiger partial charge >= 0.3 is 0 Å². The molecule has 0 spiro atoms. The number of hydrogen-bond donors (Lipinski definition) is 1. The second-order valence-corrected chi connectivity index (χ2v) is 6.75. The van der Waals surface area contributed by atoms with Crippen LogP contribution in [0, 0.1) is 5.92 Å². The van der Waals surface area contributed by atoms with Gasteiger partial charge in [0.2, 0.25) is 17.8 Å². The topological polar surface area (TPSA) is 83.9 Å². The zero-order valence-corrected chi connectivity index (χ0v) is 14.1. The molecule has 2 fully saturated rings. The molecule has 0 bridgehead atoms. The molecule has 1 aliphatic heterocycles. The summed E-state index contributed by atoms with van der Waals surface area (Å²) < 4.78 is 0. The van der Waals surface area contributed by atoms with Crippen molar-refractivity contribution >= 4 is 17.8 Å². The summed E-state index contributed by atoms with van der Waals surface area (Å²) in [6.07, 6.45) is 10.5. The average molecular weight is 338 g/mol. The highest BCUT2D eigenvalue weighted by Crippen LogP contribution is 2.31. The predicted molar refractivity (Wildman–Crippen MR) is 93.2 cm³/mol. The second-order valence-electron chi connectivity index (χ2n) is 6.75. The van der Waals surface area contributed by atoms with Crippen molar-refractivity contribution in [3.05, 3.63) is 36.4 Å². The highest BCUT2D eigenvalue weighted by atomic mass is 16.2. The van der Waals surface area contributed by atoms with E-state index in [1.54, 1.807) is 24.7 Å². The van der Waals surface area contributed by atoms with E-state index >= 15 is 0 Å². The van der Waals surface area contributed by atoms with Crippen LogP contribution in [0.3, 0.4) is 0 Å². The zero-order valence-electron chi connectivity index (χ0n) is 14.1. The summed E-state index contributed by atoms with van der Waals surface area (Å²) in [5.74, 6) is 1.82. The largest absolute Gasteiger partial charge is 0.342 e. The van der Waals surface area contributed by atoms with E-state index in [1.165, 1.54) is 12.8 Å². The van der Waals surface area contributed by atoms with Crippen LogP contribution in [0.4, 0.5) is 11.9 Å². The third kappa shape index (κ3) is 3.60. The van der Waals surface area contributed by atoms with Crippen molar-refractivity contribution in [3.8, 4) is 0 Å². The molecule has 1 saturated carbocycles. The first-order valence-electron chi connectivity index (χ1n) is 8.95.